The molecule has 0 spiro atoms. The van der Waals surface area contributed by atoms with Gasteiger partial charge in [0.05, 0.1) is 11.4 Å². The van der Waals surface area contributed by atoms with Crippen LogP contribution in [0.5, 0.6) is 0 Å². The van der Waals surface area contributed by atoms with Crippen LogP contribution >= 0.6 is 24.0 Å². The normalized spacial score (nSPS) is 12.4. The number of rotatable bonds is 7. The summed E-state index contributed by atoms with van der Waals surface area (Å²) in [5.41, 5.74) is 0.134. The zero-order valence-electron chi connectivity index (χ0n) is 15.7. The SMILES string of the molecule is CCCNC(=NCc1ccccc1S(=O)(=O)NC(C)(C)C)NCC.I. The lowest BCUT2D eigenvalue weighted by atomic mass is 10.1. The third-order valence-corrected chi connectivity index (χ3v) is 4.86. The van der Waals surface area contributed by atoms with Crippen molar-refractivity contribution in [3.05, 3.63) is 29.8 Å². The third-order valence-electron chi connectivity index (χ3n) is 3.00. The van der Waals surface area contributed by atoms with Gasteiger partial charge in [-0.05, 0) is 45.7 Å². The predicted octanol–water partition coefficient (Wildman–Crippen LogP) is 2.85. The van der Waals surface area contributed by atoms with E-state index >= 15 is 0 Å². The van der Waals surface area contributed by atoms with Crippen molar-refractivity contribution < 1.29 is 8.42 Å². The summed E-state index contributed by atoms with van der Waals surface area (Å²) in [5, 5.41) is 6.37. The molecule has 0 saturated carbocycles. The van der Waals surface area contributed by atoms with Gasteiger partial charge in [0.1, 0.15) is 0 Å². The maximum absolute atomic E-state index is 12.6. The fraction of sp³-hybridized carbons (Fsp3) is 0.588. The van der Waals surface area contributed by atoms with Crippen LogP contribution in [0.4, 0.5) is 0 Å². The number of sulfonamides is 1. The lowest BCUT2D eigenvalue weighted by Gasteiger charge is -2.21. The standard InChI is InChI=1S/C17H30N4O2S.HI/c1-6-12-19-16(18-7-2)20-13-14-10-8-9-11-15(14)24(22,23)21-17(3,4)5;/h8-11,21H,6-7,12-13H2,1-5H3,(H2,18,19,20);1H. The zero-order chi connectivity index (χ0) is 18.2. The average molecular weight is 482 g/mol. The molecule has 0 heterocycles. The number of benzene rings is 1. The molecule has 0 aliphatic carbocycles. The molecule has 0 amide bonds. The van der Waals surface area contributed by atoms with Gasteiger partial charge >= 0.3 is 0 Å². The first-order valence-electron chi connectivity index (χ1n) is 8.33. The first-order valence-corrected chi connectivity index (χ1v) is 9.82. The molecule has 1 rings (SSSR count). The zero-order valence-corrected chi connectivity index (χ0v) is 18.9. The van der Waals surface area contributed by atoms with Crippen LogP contribution in [-0.4, -0.2) is 33.0 Å². The highest BCUT2D eigenvalue weighted by atomic mass is 127. The maximum Gasteiger partial charge on any atom is 0.241 e. The summed E-state index contributed by atoms with van der Waals surface area (Å²) in [6, 6.07) is 6.97. The molecule has 0 aliphatic heterocycles. The maximum atomic E-state index is 12.6. The molecule has 0 unspecified atom stereocenters. The highest BCUT2D eigenvalue weighted by Crippen LogP contribution is 2.18. The Bertz CT molecular complexity index is 655. The predicted molar refractivity (Wildman–Crippen MR) is 115 cm³/mol. The van der Waals surface area contributed by atoms with E-state index in [1.807, 2.05) is 33.8 Å². The summed E-state index contributed by atoms with van der Waals surface area (Å²) >= 11 is 0. The number of halogens is 1. The van der Waals surface area contributed by atoms with E-state index in [0.717, 1.165) is 19.5 Å². The van der Waals surface area contributed by atoms with E-state index in [0.29, 0.717) is 18.1 Å². The van der Waals surface area contributed by atoms with Crippen LogP contribution < -0.4 is 15.4 Å². The van der Waals surface area contributed by atoms with Crippen LogP contribution in [-0.2, 0) is 16.6 Å². The van der Waals surface area contributed by atoms with Gasteiger partial charge in [0.15, 0.2) is 5.96 Å². The van der Waals surface area contributed by atoms with Crippen molar-refractivity contribution in [2.24, 2.45) is 4.99 Å². The van der Waals surface area contributed by atoms with E-state index in [9.17, 15) is 8.42 Å². The summed E-state index contributed by atoms with van der Waals surface area (Å²) < 4.78 is 27.9. The minimum atomic E-state index is -3.59. The van der Waals surface area contributed by atoms with Crippen LogP contribution in [0.25, 0.3) is 0 Å². The molecular formula is C17H31IN4O2S. The minimum absolute atomic E-state index is 0. The second-order valence-corrected chi connectivity index (χ2v) is 8.24. The van der Waals surface area contributed by atoms with Gasteiger partial charge in [0, 0.05) is 18.6 Å². The van der Waals surface area contributed by atoms with Crippen LogP contribution in [0.2, 0.25) is 0 Å². The Morgan fingerprint density at radius 3 is 2.32 bits per heavy atom. The Balaban J connectivity index is 0.00000576. The van der Waals surface area contributed by atoms with Gasteiger partial charge in [-0.25, -0.2) is 18.1 Å². The molecule has 1 aromatic carbocycles. The van der Waals surface area contributed by atoms with Crippen LogP contribution in [0.15, 0.2) is 34.2 Å². The molecule has 0 fully saturated rings. The van der Waals surface area contributed by atoms with Crippen molar-refractivity contribution >= 4 is 40.0 Å². The van der Waals surface area contributed by atoms with Gasteiger partial charge < -0.3 is 10.6 Å². The van der Waals surface area contributed by atoms with Gasteiger partial charge in [-0.2, -0.15) is 0 Å². The van der Waals surface area contributed by atoms with Crippen LogP contribution in [0.3, 0.4) is 0 Å². The second-order valence-electron chi connectivity index (χ2n) is 6.59. The molecule has 25 heavy (non-hydrogen) atoms. The Morgan fingerprint density at radius 1 is 1.12 bits per heavy atom. The van der Waals surface area contributed by atoms with Crippen molar-refractivity contribution in [1.82, 2.24) is 15.4 Å². The number of guanidine groups is 1. The van der Waals surface area contributed by atoms with Gasteiger partial charge in [-0.1, -0.05) is 25.1 Å². The summed E-state index contributed by atoms with van der Waals surface area (Å²) in [7, 11) is -3.59. The van der Waals surface area contributed by atoms with E-state index in [2.05, 4.69) is 27.3 Å². The first kappa shape index (κ1) is 24.1. The van der Waals surface area contributed by atoms with Crippen LogP contribution in [0.1, 0.15) is 46.6 Å². The number of hydrogen-bond donors (Lipinski definition) is 3. The first-order chi connectivity index (χ1) is 11.2. The molecule has 8 heteroatoms. The molecule has 0 saturated heterocycles. The van der Waals surface area contributed by atoms with E-state index < -0.39 is 15.6 Å². The fourth-order valence-electron chi connectivity index (χ4n) is 2.10. The van der Waals surface area contributed by atoms with Gasteiger partial charge in [0.25, 0.3) is 0 Å². The van der Waals surface area contributed by atoms with Gasteiger partial charge in [-0.15, -0.1) is 24.0 Å². The molecule has 1 aromatic rings. The van der Waals surface area contributed by atoms with E-state index in [4.69, 9.17) is 0 Å². The lowest BCUT2D eigenvalue weighted by molar-refractivity contribution is 0.491. The van der Waals surface area contributed by atoms with Crippen molar-refractivity contribution in [3.8, 4) is 0 Å². The number of nitrogens with one attached hydrogen (secondary N) is 3. The summed E-state index contributed by atoms with van der Waals surface area (Å²) in [6.07, 6.45) is 0.991. The Labute approximate surface area is 169 Å². The molecule has 6 nitrogen and oxygen atoms in total. The minimum Gasteiger partial charge on any atom is -0.357 e. The smallest absolute Gasteiger partial charge is 0.241 e. The lowest BCUT2D eigenvalue weighted by Crippen LogP contribution is -2.40. The third kappa shape index (κ3) is 8.87. The highest BCUT2D eigenvalue weighted by molar-refractivity contribution is 14.0. The largest absolute Gasteiger partial charge is 0.357 e. The molecule has 0 radical (unpaired) electrons. The van der Waals surface area contributed by atoms with Crippen molar-refractivity contribution in [2.75, 3.05) is 13.1 Å². The Kier molecular flexibility index (Phi) is 10.6. The summed E-state index contributed by atoms with van der Waals surface area (Å²) in [5.74, 6) is 0.690. The van der Waals surface area contributed by atoms with Crippen molar-refractivity contribution in [2.45, 2.75) is 58.0 Å². The average Bonchev–Trinajstić information content (AvgIpc) is 2.48. The van der Waals surface area contributed by atoms with E-state index in [1.54, 1.807) is 18.2 Å². The Hall–Kier alpha value is -0.870. The van der Waals surface area contributed by atoms with E-state index in [-0.39, 0.29) is 28.9 Å². The molecule has 0 bridgehead atoms. The van der Waals surface area contributed by atoms with Gasteiger partial charge in [0.2, 0.25) is 10.0 Å². The summed E-state index contributed by atoms with van der Waals surface area (Å²) in [6.45, 7) is 11.4. The molecular weight excluding hydrogens is 451 g/mol. The number of aliphatic imine (C=N–C) groups is 1. The Morgan fingerprint density at radius 2 is 1.76 bits per heavy atom. The molecule has 3 N–H and O–H groups in total. The monoisotopic (exact) mass is 482 g/mol. The fourth-order valence-corrected chi connectivity index (χ4v) is 3.76. The van der Waals surface area contributed by atoms with Crippen molar-refractivity contribution in [3.63, 3.8) is 0 Å². The molecule has 0 aliphatic rings. The molecule has 0 aromatic heterocycles. The number of hydrogen-bond acceptors (Lipinski definition) is 3. The van der Waals surface area contributed by atoms with E-state index in [1.165, 1.54) is 0 Å². The highest BCUT2D eigenvalue weighted by Gasteiger charge is 2.24. The molecule has 144 valence electrons. The van der Waals surface area contributed by atoms with Gasteiger partial charge in [-0.3, -0.25) is 0 Å². The second kappa shape index (κ2) is 11.0. The quantitative estimate of drug-likeness (QED) is 0.317. The van der Waals surface area contributed by atoms with Crippen molar-refractivity contribution in [1.29, 1.82) is 0 Å². The number of nitrogens with zero attached hydrogens (tertiary/aromatic N) is 1. The molecule has 0 atom stereocenters. The summed E-state index contributed by atoms with van der Waals surface area (Å²) in [4.78, 5) is 4.77. The van der Waals surface area contributed by atoms with Crippen LogP contribution in [0, 0.1) is 0 Å². The topological polar surface area (TPSA) is 82.6 Å².